The predicted octanol–water partition coefficient (Wildman–Crippen LogP) is 3.66. The third-order valence-electron chi connectivity index (χ3n) is 2.56. The van der Waals surface area contributed by atoms with Gasteiger partial charge < -0.3 is 4.90 Å². The van der Waals surface area contributed by atoms with Gasteiger partial charge in [-0.05, 0) is 30.0 Å². The number of rotatable bonds is 4. The van der Waals surface area contributed by atoms with Crippen molar-refractivity contribution >= 4 is 5.69 Å². The highest BCUT2D eigenvalue weighted by molar-refractivity contribution is 5.47. The first kappa shape index (κ1) is 11.1. The molecule has 0 heterocycles. The van der Waals surface area contributed by atoms with Crippen molar-refractivity contribution in [2.75, 3.05) is 18.5 Å². The summed E-state index contributed by atoms with van der Waals surface area (Å²) in [6, 6.07) is 8.88. The van der Waals surface area contributed by atoms with E-state index >= 15 is 0 Å². The van der Waals surface area contributed by atoms with Crippen LogP contribution in [0.1, 0.15) is 38.7 Å². The minimum Gasteiger partial charge on any atom is -0.375 e. The molecule has 78 valence electrons. The Hall–Kier alpha value is -0.980. The van der Waals surface area contributed by atoms with Gasteiger partial charge in [0.2, 0.25) is 0 Å². The number of hydrogen-bond donors (Lipinski definition) is 0. The van der Waals surface area contributed by atoms with Gasteiger partial charge in [0.1, 0.15) is 0 Å². The highest BCUT2D eigenvalue weighted by atomic mass is 15.1. The summed E-state index contributed by atoms with van der Waals surface area (Å²) in [7, 11) is 2.15. The van der Waals surface area contributed by atoms with Crippen molar-refractivity contribution < 1.29 is 0 Å². The lowest BCUT2D eigenvalue weighted by Crippen LogP contribution is -2.17. The molecular weight excluding hydrogens is 170 g/mol. The molecule has 0 atom stereocenters. The van der Waals surface area contributed by atoms with Gasteiger partial charge in [-0.3, -0.25) is 0 Å². The van der Waals surface area contributed by atoms with E-state index in [-0.39, 0.29) is 0 Å². The molecule has 0 spiro atoms. The molecule has 0 aliphatic rings. The van der Waals surface area contributed by atoms with Crippen LogP contribution in [0.25, 0.3) is 0 Å². The maximum Gasteiger partial charge on any atom is 0.0363 e. The maximum absolute atomic E-state index is 2.30. The molecule has 0 unspecified atom stereocenters. The minimum absolute atomic E-state index is 0.625. The number of hydrogen-bond acceptors (Lipinski definition) is 1. The van der Waals surface area contributed by atoms with E-state index in [1.54, 1.807) is 0 Å². The zero-order valence-electron chi connectivity index (χ0n) is 9.75. The van der Waals surface area contributed by atoms with Crippen LogP contribution in [0.5, 0.6) is 0 Å². The Morgan fingerprint density at radius 3 is 2.14 bits per heavy atom. The molecule has 0 radical (unpaired) electrons. The van der Waals surface area contributed by atoms with Crippen LogP contribution in [0.2, 0.25) is 0 Å². The fraction of sp³-hybridized carbons (Fsp3) is 0.538. The first-order chi connectivity index (χ1) is 6.65. The highest BCUT2D eigenvalue weighted by Crippen LogP contribution is 2.19. The molecule has 0 aliphatic heterocycles. The van der Waals surface area contributed by atoms with Gasteiger partial charge in [0, 0.05) is 19.3 Å². The molecule has 0 saturated carbocycles. The molecule has 0 fully saturated rings. The largest absolute Gasteiger partial charge is 0.375 e. The SMILES string of the molecule is CCCN(C)c1ccc(C(C)C)cc1. The molecule has 0 saturated heterocycles. The first-order valence-corrected chi connectivity index (χ1v) is 5.46. The number of nitrogens with zero attached hydrogens (tertiary/aromatic N) is 1. The average Bonchev–Trinajstić information content (AvgIpc) is 2.18. The monoisotopic (exact) mass is 191 g/mol. The number of anilines is 1. The Morgan fingerprint density at radius 2 is 1.71 bits per heavy atom. The van der Waals surface area contributed by atoms with Crippen LogP contribution < -0.4 is 4.90 Å². The Kier molecular flexibility index (Phi) is 3.99. The van der Waals surface area contributed by atoms with Crippen LogP contribution >= 0.6 is 0 Å². The summed E-state index contributed by atoms with van der Waals surface area (Å²) in [5.74, 6) is 0.625. The van der Waals surface area contributed by atoms with Crippen molar-refractivity contribution in [3.8, 4) is 0 Å². The molecular formula is C13H21N. The minimum atomic E-state index is 0.625. The molecule has 14 heavy (non-hydrogen) atoms. The van der Waals surface area contributed by atoms with Crippen LogP contribution in [0.15, 0.2) is 24.3 Å². The summed E-state index contributed by atoms with van der Waals surface area (Å²) >= 11 is 0. The van der Waals surface area contributed by atoms with E-state index in [4.69, 9.17) is 0 Å². The first-order valence-electron chi connectivity index (χ1n) is 5.46. The second kappa shape index (κ2) is 5.04. The molecule has 1 aromatic carbocycles. The lowest BCUT2D eigenvalue weighted by molar-refractivity contribution is 0.845. The van der Waals surface area contributed by atoms with E-state index in [1.165, 1.54) is 17.7 Å². The number of benzene rings is 1. The van der Waals surface area contributed by atoms with Crippen molar-refractivity contribution in [2.45, 2.75) is 33.1 Å². The lowest BCUT2D eigenvalue weighted by atomic mass is 10.0. The summed E-state index contributed by atoms with van der Waals surface area (Å²) in [6.45, 7) is 7.79. The van der Waals surface area contributed by atoms with Gasteiger partial charge in [-0.2, -0.15) is 0 Å². The molecule has 1 nitrogen and oxygen atoms in total. The highest BCUT2D eigenvalue weighted by Gasteiger charge is 2.01. The van der Waals surface area contributed by atoms with Gasteiger partial charge in [0.25, 0.3) is 0 Å². The molecule has 1 heteroatoms. The van der Waals surface area contributed by atoms with E-state index in [0.29, 0.717) is 5.92 Å². The van der Waals surface area contributed by atoms with Gasteiger partial charge in [0.15, 0.2) is 0 Å². The van der Waals surface area contributed by atoms with Crippen LogP contribution in [-0.4, -0.2) is 13.6 Å². The van der Waals surface area contributed by atoms with Crippen LogP contribution in [0.3, 0.4) is 0 Å². The maximum atomic E-state index is 2.30. The molecule has 0 amide bonds. The molecule has 1 aromatic rings. The molecule has 0 N–H and O–H groups in total. The third-order valence-corrected chi connectivity index (χ3v) is 2.56. The summed E-state index contributed by atoms with van der Waals surface area (Å²) in [5, 5.41) is 0. The Balaban J connectivity index is 2.72. The fourth-order valence-corrected chi connectivity index (χ4v) is 1.58. The second-order valence-electron chi connectivity index (χ2n) is 4.17. The standard InChI is InChI=1S/C13H21N/c1-5-10-14(4)13-8-6-12(7-9-13)11(2)3/h6-9,11H,5,10H2,1-4H3. The van der Waals surface area contributed by atoms with Gasteiger partial charge in [-0.1, -0.05) is 32.9 Å². The van der Waals surface area contributed by atoms with Crippen LogP contribution in [-0.2, 0) is 0 Å². The smallest absolute Gasteiger partial charge is 0.0363 e. The van der Waals surface area contributed by atoms with Crippen LogP contribution in [0, 0.1) is 0 Å². The second-order valence-corrected chi connectivity index (χ2v) is 4.17. The summed E-state index contributed by atoms with van der Waals surface area (Å²) in [6.07, 6.45) is 1.20. The van der Waals surface area contributed by atoms with Gasteiger partial charge in [-0.25, -0.2) is 0 Å². The Labute approximate surface area is 87.7 Å². The van der Waals surface area contributed by atoms with Crippen molar-refractivity contribution in [1.82, 2.24) is 0 Å². The van der Waals surface area contributed by atoms with Gasteiger partial charge in [-0.15, -0.1) is 0 Å². The van der Waals surface area contributed by atoms with Crippen LogP contribution in [0.4, 0.5) is 5.69 Å². The van der Waals surface area contributed by atoms with E-state index in [9.17, 15) is 0 Å². The summed E-state index contributed by atoms with van der Waals surface area (Å²) < 4.78 is 0. The van der Waals surface area contributed by atoms with Crippen molar-refractivity contribution in [1.29, 1.82) is 0 Å². The van der Waals surface area contributed by atoms with E-state index in [1.807, 2.05) is 0 Å². The molecule has 0 bridgehead atoms. The topological polar surface area (TPSA) is 3.24 Å². The quantitative estimate of drug-likeness (QED) is 0.702. The van der Waals surface area contributed by atoms with E-state index in [2.05, 4.69) is 57.0 Å². The summed E-state index contributed by atoms with van der Waals surface area (Å²) in [5.41, 5.74) is 2.73. The zero-order valence-corrected chi connectivity index (χ0v) is 9.75. The Morgan fingerprint density at radius 1 is 1.14 bits per heavy atom. The third kappa shape index (κ3) is 2.76. The fourth-order valence-electron chi connectivity index (χ4n) is 1.58. The normalized spacial score (nSPS) is 10.6. The molecule has 0 aliphatic carbocycles. The van der Waals surface area contributed by atoms with Crippen molar-refractivity contribution in [2.24, 2.45) is 0 Å². The van der Waals surface area contributed by atoms with Gasteiger partial charge >= 0.3 is 0 Å². The van der Waals surface area contributed by atoms with E-state index in [0.717, 1.165) is 6.54 Å². The van der Waals surface area contributed by atoms with Crippen molar-refractivity contribution in [3.63, 3.8) is 0 Å². The Bertz CT molecular complexity index is 261. The predicted molar refractivity (Wildman–Crippen MR) is 64.1 cm³/mol. The molecule has 1 rings (SSSR count). The van der Waals surface area contributed by atoms with Gasteiger partial charge in [0.05, 0.1) is 0 Å². The summed E-state index contributed by atoms with van der Waals surface area (Å²) in [4.78, 5) is 2.30. The van der Waals surface area contributed by atoms with Crippen molar-refractivity contribution in [3.05, 3.63) is 29.8 Å². The average molecular weight is 191 g/mol. The molecule has 0 aromatic heterocycles. The van der Waals surface area contributed by atoms with E-state index < -0.39 is 0 Å². The lowest BCUT2D eigenvalue weighted by Gasteiger charge is -2.18. The zero-order chi connectivity index (χ0) is 10.6.